The van der Waals surface area contributed by atoms with Crippen LogP contribution < -0.4 is 5.32 Å². The van der Waals surface area contributed by atoms with Crippen molar-refractivity contribution >= 4 is 5.95 Å². The van der Waals surface area contributed by atoms with E-state index in [2.05, 4.69) is 41.8 Å². The summed E-state index contributed by atoms with van der Waals surface area (Å²) in [5.74, 6) is 0.974. The molecule has 0 aliphatic carbocycles. The Morgan fingerprint density at radius 2 is 2.17 bits per heavy atom. The highest BCUT2D eigenvalue weighted by Gasteiger charge is 2.18. The lowest BCUT2D eigenvalue weighted by atomic mass is 9.99. The molecule has 0 aromatic carbocycles. The standard InChI is InChI=1S/C14H27N3O/c1-6-8-14(3,4)16-13-15-12(2)11-17(13)9-7-10-18-5/h11H,6-10H2,1-5H3,(H,15,16). The van der Waals surface area contributed by atoms with Gasteiger partial charge < -0.3 is 14.6 Å². The van der Waals surface area contributed by atoms with Gasteiger partial charge in [-0.2, -0.15) is 0 Å². The zero-order chi connectivity index (χ0) is 13.6. The molecule has 0 saturated carbocycles. The molecule has 18 heavy (non-hydrogen) atoms. The first-order valence-electron chi connectivity index (χ1n) is 6.79. The van der Waals surface area contributed by atoms with E-state index in [1.54, 1.807) is 7.11 Å². The zero-order valence-electron chi connectivity index (χ0n) is 12.4. The number of imidazole rings is 1. The maximum Gasteiger partial charge on any atom is 0.203 e. The number of anilines is 1. The van der Waals surface area contributed by atoms with Crippen molar-refractivity contribution in [1.29, 1.82) is 0 Å². The van der Waals surface area contributed by atoms with Crippen molar-refractivity contribution in [1.82, 2.24) is 9.55 Å². The third kappa shape index (κ3) is 4.69. The molecule has 1 aromatic rings. The molecule has 4 nitrogen and oxygen atoms in total. The van der Waals surface area contributed by atoms with E-state index in [-0.39, 0.29) is 5.54 Å². The predicted octanol–water partition coefficient (Wildman–Crippen LogP) is 3.22. The molecule has 0 unspecified atom stereocenters. The van der Waals surface area contributed by atoms with Gasteiger partial charge in [-0.1, -0.05) is 13.3 Å². The van der Waals surface area contributed by atoms with Crippen LogP contribution >= 0.6 is 0 Å². The van der Waals surface area contributed by atoms with Crippen molar-refractivity contribution in [2.45, 2.75) is 59.0 Å². The highest BCUT2D eigenvalue weighted by Crippen LogP contribution is 2.19. The summed E-state index contributed by atoms with van der Waals surface area (Å²) in [5, 5.41) is 3.55. The highest BCUT2D eigenvalue weighted by molar-refractivity contribution is 5.32. The highest BCUT2D eigenvalue weighted by atomic mass is 16.5. The second-order valence-electron chi connectivity index (χ2n) is 5.50. The van der Waals surface area contributed by atoms with Gasteiger partial charge in [-0.3, -0.25) is 0 Å². The molecule has 0 bridgehead atoms. The Hall–Kier alpha value is -1.03. The van der Waals surface area contributed by atoms with Crippen LogP contribution in [0.4, 0.5) is 5.95 Å². The van der Waals surface area contributed by atoms with E-state index in [4.69, 9.17) is 4.74 Å². The van der Waals surface area contributed by atoms with Crippen LogP contribution in [-0.2, 0) is 11.3 Å². The third-order valence-corrected chi connectivity index (χ3v) is 2.97. The average molecular weight is 253 g/mol. The average Bonchev–Trinajstić information content (AvgIpc) is 2.58. The van der Waals surface area contributed by atoms with Crippen LogP contribution in [0.25, 0.3) is 0 Å². The Morgan fingerprint density at radius 3 is 2.78 bits per heavy atom. The second kappa shape index (κ2) is 6.78. The first kappa shape index (κ1) is 15.0. The van der Waals surface area contributed by atoms with Gasteiger partial charge in [0.25, 0.3) is 0 Å². The van der Waals surface area contributed by atoms with Gasteiger partial charge in [0.05, 0.1) is 5.69 Å². The lowest BCUT2D eigenvalue weighted by Crippen LogP contribution is -2.32. The van der Waals surface area contributed by atoms with Gasteiger partial charge in [0, 0.05) is 32.0 Å². The Kier molecular flexibility index (Phi) is 5.66. The van der Waals surface area contributed by atoms with Crippen molar-refractivity contribution in [3.63, 3.8) is 0 Å². The number of hydrogen-bond acceptors (Lipinski definition) is 3. The normalized spacial score (nSPS) is 11.8. The largest absolute Gasteiger partial charge is 0.385 e. The minimum absolute atomic E-state index is 0.0888. The van der Waals surface area contributed by atoms with Gasteiger partial charge >= 0.3 is 0 Å². The van der Waals surface area contributed by atoms with E-state index < -0.39 is 0 Å². The number of aryl methyl sites for hydroxylation is 2. The number of methoxy groups -OCH3 is 1. The summed E-state index contributed by atoms with van der Waals surface area (Å²) >= 11 is 0. The quantitative estimate of drug-likeness (QED) is 0.723. The van der Waals surface area contributed by atoms with Crippen molar-refractivity contribution in [3.8, 4) is 0 Å². The molecule has 1 aromatic heterocycles. The molecule has 0 aliphatic heterocycles. The summed E-state index contributed by atoms with van der Waals surface area (Å²) < 4.78 is 7.28. The Labute approximate surface area is 111 Å². The number of ether oxygens (including phenoxy) is 1. The molecule has 0 aliphatic rings. The number of rotatable bonds is 8. The number of nitrogens with one attached hydrogen (secondary N) is 1. The van der Waals surface area contributed by atoms with Crippen LogP contribution in [0.3, 0.4) is 0 Å². The summed E-state index contributed by atoms with van der Waals surface area (Å²) in [7, 11) is 1.74. The SMILES string of the molecule is CCCC(C)(C)Nc1nc(C)cn1CCCOC. The molecule has 0 saturated heterocycles. The molecule has 4 heteroatoms. The maximum absolute atomic E-state index is 5.10. The maximum atomic E-state index is 5.10. The Morgan fingerprint density at radius 1 is 1.44 bits per heavy atom. The lowest BCUT2D eigenvalue weighted by molar-refractivity contribution is 0.190. The number of aromatic nitrogens is 2. The van der Waals surface area contributed by atoms with Crippen molar-refractivity contribution < 1.29 is 4.74 Å². The predicted molar refractivity (Wildman–Crippen MR) is 76.1 cm³/mol. The van der Waals surface area contributed by atoms with Crippen LogP contribution in [0.1, 0.15) is 45.7 Å². The molecule has 0 radical (unpaired) electrons. The minimum atomic E-state index is 0.0888. The van der Waals surface area contributed by atoms with Crippen molar-refractivity contribution in [2.75, 3.05) is 19.0 Å². The van der Waals surface area contributed by atoms with Gasteiger partial charge in [-0.15, -0.1) is 0 Å². The molecule has 1 N–H and O–H groups in total. The van der Waals surface area contributed by atoms with Gasteiger partial charge in [0.15, 0.2) is 0 Å². The van der Waals surface area contributed by atoms with Crippen LogP contribution in [0.15, 0.2) is 6.20 Å². The first-order valence-corrected chi connectivity index (χ1v) is 6.79. The van der Waals surface area contributed by atoms with Crippen LogP contribution in [0.2, 0.25) is 0 Å². The van der Waals surface area contributed by atoms with Gasteiger partial charge in [0.2, 0.25) is 5.95 Å². The fraction of sp³-hybridized carbons (Fsp3) is 0.786. The third-order valence-electron chi connectivity index (χ3n) is 2.97. The summed E-state index contributed by atoms with van der Waals surface area (Å²) in [5.41, 5.74) is 1.15. The van der Waals surface area contributed by atoms with Crippen molar-refractivity contribution in [3.05, 3.63) is 11.9 Å². The number of nitrogens with zero attached hydrogens (tertiary/aromatic N) is 2. The molecule has 1 rings (SSSR count). The summed E-state index contributed by atoms with van der Waals surface area (Å²) in [6.07, 6.45) is 5.41. The first-order chi connectivity index (χ1) is 8.48. The molecule has 0 atom stereocenters. The van der Waals surface area contributed by atoms with E-state index in [1.807, 2.05) is 6.92 Å². The van der Waals surface area contributed by atoms with Crippen LogP contribution in [0, 0.1) is 6.92 Å². The molecule has 104 valence electrons. The van der Waals surface area contributed by atoms with E-state index in [0.29, 0.717) is 0 Å². The van der Waals surface area contributed by atoms with Crippen LogP contribution in [-0.4, -0.2) is 28.8 Å². The van der Waals surface area contributed by atoms with Gasteiger partial charge in [-0.25, -0.2) is 4.98 Å². The molecule has 1 heterocycles. The monoisotopic (exact) mass is 253 g/mol. The summed E-state index contributed by atoms with van der Waals surface area (Å²) in [4.78, 5) is 4.57. The fourth-order valence-corrected chi connectivity index (χ4v) is 2.19. The Balaban J connectivity index is 2.69. The van der Waals surface area contributed by atoms with E-state index in [9.17, 15) is 0 Å². The van der Waals surface area contributed by atoms with E-state index >= 15 is 0 Å². The lowest BCUT2D eigenvalue weighted by Gasteiger charge is -2.26. The molecular weight excluding hydrogens is 226 g/mol. The second-order valence-corrected chi connectivity index (χ2v) is 5.50. The number of hydrogen-bond donors (Lipinski definition) is 1. The van der Waals surface area contributed by atoms with E-state index in [1.165, 1.54) is 6.42 Å². The van der Waals surface area contributed by atoms with E-state index in [0.717, 1.165) is 37.6 Å². The summed E-state index contributed by atoms with van der Waals surface area (Å²) in [6.45, 7) is 10.4. The molecular formula is C14H27N3O. The van der Waals surface area contributed by atoms with Gasteiger partial charge in [-0.05, 0) is 33.6 Å². The summed E-state index contributed by atoms with van der Waals surface area (Å²) in [6, 6.07) is 0. The zero-order valence-corrected chi connectivity index (χ0v) is 12.4. The topological polar surface area (TPSA) is 39.1 Å². The minimum Gasteiger partial charge on any atom is -0.385 e. The smallest absolute Gasteiger partial charge is 0.203 e. The fourth-order valence-electron chi connectivity index (χ4n) is 2.19. The van der Waals surface area contributed by atoms with Crippen LogP contribution in [0.5, 0.6) is 0 Å². The Bertz CT molecular complexity index is 358. The molecule has 0 spiro atoms. The molecule has 0 fully saturated rings. The molecule has 0 amide bonds. The van der Waals surface area contributed by atoms with Crippen molar-refractivity contribution in [2.24, 2.45) is 0 Å². The van der Waals surface area contributed by atoms with Gasteiger partial charge in [0.1, 0.15) is 0 Å².